The summed E-state index contributed by atoms with van der Waals surface area (Å²) >= 11 is 6.07. The Morgan fingerprint density at radius 1 is 0.889 bits per heavy atom. The third-order valence-electron chi connectivity index (χ3n) is 5.27. The van der Waals surface area contributed by atoms with Crippen molar-refractivity contribution in [3.8, 4) is 11.1 Å². The van der Waals surface area contributed by atoms with Crippen molar-refractivity contribution in [2.24, 2.45) is 0 Å². The van der Waals surface area contributed by atoms with Crippen molar-refractivity contribution in [2.45, 2.75) is 18.8 Å². The van der Waals surface area contributed by atoms with E-state index in [4.69, 9.17) is 11.6 Å². The molecule has 1 atom stereocenters. The van der Waals surface area contributed by atoms with Gasteiger partial charge < -0.3 is 0 Å². The molecule has 4 aromatic rings. The van der Waals surface area contributed by atoms with Gasteiger partial charge in [0.15, 0.2) is 0 Å². The second-order valence-electron chi connectivity index (χ2n) is 6.98. The fourth-order valence-electron chi connectivity index (χ4n) is 3.93. The van der Waals surface area contributed by atoms with Crippen LogP contribution >= 0.6 is 11.6 Å². The first-order valence-electron chi connectivity index (χ1n) is 9.04. The maximum absolute atomic E-state index is 12.8. The number of nitrogens with zero attached hydrogens (tertiary/aromatic N) is 2. The predicted octanol–water partition coefficient (Wildman–Crippen LogP) is 5.73. The Labute approximate surface area is 162 Å². The van der Waals surface area contributed by atoms with E-state index in [9.17, 15) is 4.79 Å². The highest BCUT2D eigenvalue weighted by Crippen LogP contribution is 2.33. The van der Waals surface area contributed by atoms with Crippen molar-refractivity contribution in [1.29, 1.82) is 0 Å². The van der Waals surface area contributed by atoms with Crippen LogP contribution in [0.4, 0.5) is 0 Å². The zero-order chi connectivity index (χ0) is 18.4. The highest BCUT2D eigenvalue weighted by Gasteiger charge is 2.29. The molecule has 5 rings (SSSR count). The Morgan fingerprint density at radius 2 is 1.63 bits per heavy atom. The highest BCUT2D eigenvalue weighted by molar-refractivity contribution is 6.31. The van der Waals surface area contributed by atoms with Crippen LogP contribution in [0.5, 0.6) is 0 Å². The monoisotopic (exact) mass is 372 g/mol. The molecule has 3 aromatic carbocycles. The van der Waals surface area contributed by atoms with E-state index < -0.39 is 0 Å². The second-order valence-corrected chi connectivity index (χ2v) is 7.42. The molecule has 0 aliphatic carbocycles. The Bertz CT molecular complexity index is 1150. The maximum Gasteiger partial charge on any atom is 0.233 e. The number of imidazole rings is 1. The number of aromatic nitrogens is 2. The molecule has 4 heteroatoms. The molecule has 1 aliphatic heterocycles. The van der Waals surface area contributed by atoms with Crippen molar-refractivity contribution >= 4 is 28.5 Å². The van der Waals surface area contributed by atoms with Crippen molar-refractivity contribution < 1.29 is 4.79 Å². The lowest BCUT2D eigenvalue weighted by molar-refractivity contribution is 0.0877. The first kappa shape index (κ1) is 16.3. The molecule has 0 saturated heterocycles. The van der Waals surface area contributed by atoms with Gasteiger partial charge >= 0.3 is 0 Å². The van der Waals surface area contributed by atoms with Crippen LogP contribution < -0.4 is 0 Å². The van der Waals surface area contributed by atoms with Gasteiger partial charge in [-0.3, -0.25) is 9.36 Å². The normalized spacial score (nSPS) is 16.5. The van der Waals surface area contributed by atoms with Crippen LogP contribution in [0.15, 0.2) is 72.8 Å². The summed E-state index contributed by atoms with van der Waals surface area (Å²) < 4.78 is 1.75. The predicted molar refractivity (Wildman–Crippen MR) is 108 cm³/mol. The molecule has 3 nitrogen and oxygen atoms in total. The van der Waals surface area contributed by atoms with E-state index in [2.05, 4.69) is 41.4 Å². The molecule has 1 unspecified atom stereocenters. The van der Waals surface area contributed by atoms with Crippen molar-refractivity contribution in [2.75, 3.05) is 0 Å². The van der Waals surface area contributed by atoms with E-state index in [0.717, 1.165) is 23.3 Å². The second kappa shape index (κ2) is 6.36. The van der Waals surface area contributed by atoms with E-state index >= 15 is 0 Å². The fraction of sp³-hybridized carbons (Fsp3) is 0.130. The minimum atomic E-state index is 0.0956. The van der Waals surface area contributed by atoms with E-state index in [0.29, 0.717) is 11.4 Å². The lowest BCUT2D eigenvalue weighted by atomic mass is 9.88. The maximum atomic E-state index is 12.8. The average Bonchev–Trinajstić information content (AvgIpc) is 3.06. The molecule has 2 heterocycles. The van der Waals surface area contributed by atoms with Crippen LogP contribution in [0.25, 0.3) is 22.2 Å². The van der Waals surface area contributed by atoms with Gasteiger partial charge in [0, 0.05) is 17.9 Å². The number of hydrogen-bond acceptors (Lipinski definition) is 2. The van der Waals surface area contributed by atoms with Crippen molar-refractivity contribution in [3.63, 3.8) is 0 Å². The number of halogens is 1. The lowest BCUT2D eigenvalue weighted by Crippen LogP contribution is -2.25. The molecule has 1 aromatic heterocycles. The minimum Gasteiger partial charge on any atom is -0.274 e. The minimum absolute atomic E-state index is 0.0956. The molecule has 0 saturated carbocycles. The number of carbonyl (C=O) groups is 1. The summed E-state index contributed by atoms with van der Waals surface area (Å²) in [6.07, 6.45) is 1.24. The van der Waals surface area contributed by atoms with Gasteiger partial charge in [0.2, 0.25) is 5.91 Å². The Hall–Kier alpha value is -2.91. The lowest BCUT2D eigenvalue weighted by Gasteiger charge is -2.23. The van der Waals surface area contributed by atoms with Crippen molar-refractivity contribution in [1.82, 2.24) is 9.55 Å². The van der Waals surface area contributed by atoms with E-state index in [-0.39, 0.29) is 11.8 Å². The molecular weight excluding hydrogens is 356 g/mol. The van der Waals surface area contributed by atoms with E-state index in [1.54, 1.807) is 10.6 Å². The average molecular weight is 373 g/mol. The van der Waals surface area contributed by atoms with Gasteiger partial charge in [0.25, 0.3) is 0 Å². The summed E-state index contributed by atoms with van der Waals surface area (Å²) in [5.74, 6) is 1.07. The number of carbonyl (C=O) groups excluding carboxylic acids is 1. The standard InChI is InChI=1S/C23H17ClN2O/c24-19-10-11-21-20(14-19)25-22-12-18(13-23(27)26(21)22)17-8-6-16(7-9-17)15-4-2-1-3-5-15/h1-11,14,18H,12-13H2. The summed E-state index contributed by atoms with van der Waals surface area (Å²) in [4.78, 5) is 17.5. The summed E-state index contributed by atoms with van der Waals surface area (Å²) in [6, 6.07) is 24.3. The molecular formula is C23H17ClN2O. The largest absolute Gasteiger partial charge is 0.274 e. The zero-order valence-electron chi connectivity index (χ0n) is 14.6. The SMILES string of the molecule is O=C1CC(c2ccc(-c3ccccc3)cc2)Cc2nc3cc(Cl)ccc3n21. The van der Waals surface area contributed by atoms with Crippen LogP contribution in [0, 0.1) is 0 Å². The number of hydrogen-bond donors (Lipinski definition) is 0. The Morgan fingerprint density at radius 3 is 2.41 bits per heavy atom. The first-order chi connectivity index (χ1) is 13.2. The topological polar surface area (TPSA) is 34.9 Å². The zero-order valence-corrected chi connectivity index (χ0v) is 15.4. The van der Waals surface area contributed by atoms with Gasteiger partial charge in [-0.15, -0.1) is 0 Å². The highest BCUT2D eigenvalue weighted by atomic mass is 35.5. The molecule has 27 heavy (non-hydrogen) atoms. The van der Waals surface area contributed by atoms with Crippen LogP contribution in [0.1, 0.15) is 28.5 Å². The van der Waals surface area contributed by atoms with Gasteiger partial charge in [-0.05, 0) is 40.8 Å². The molecule has 0 bridgehead atoms. The van der Waals surface area contributed by atoms with Gasteiger partial charge in [0.05, 0.1) is 11.0 Å². The quantitative estimate of drug-likeness (QED) is 0.450. The third-order valence-corrected chi connectivity index (χ3v) is 5.51. The van der Waals surface area contributed by atoms with Crippen molar-refractivity contribution in [3.05, 3.63) is 89.2 Å². The van der Waals surface area contributed by atoms with E-state index in [1.807, 2.05) is 30.3 Å². The van der Waals surface area contributed by atoms with Crippen LogP contribution in [0.2, 0.25) is 5.02 Å². The van der Waals surface area contributed by atoms with Gasteiger partial charge in [-0.25, -0.2) is 4.98 Å². The van der Waals surface area contributed by atoms with Gasteiger partial charge in [-0.2, -0.15) is 0 Å². The summed E-state index contributed by atoms with van der Waals surface area (Å²) in [7, 11) is 0. The molecule has 0 spiro atoms. The first-order valence-corrected chi connectivity index (χ1v) is 9.42. The number of rotatable bonds is 2. The number of fused-ring (bicyclic) bond motifs is 3. The Balaban J connectivity index is 1.47. The summed E-state index contributed by atoms with van der Waals surface area (Å²) in [5.41, 5.74) is 5.19. The molecule has 0 fully saturated rings. The Kier molecular flexibility index (Phi) is 3.83. The smallest absolute Gasteiger partial charge is 0.233 e. The fourth-order valence-corrected chi connectivity index (χ4v) is 4.09. The molecule has 0 N–H and O–H groups in total. The van der Waals surface area contributed by atoms with Gasteiger partial charge in [0.1, 0.15) is 5.82 Å². The molecule has 132 valence electrons. The molecule has 1 aliphatic rings. The summed E-state index contributed by atoms with van der Waals surface area (Å²) in [5, 5.41) is 0.637. The van der Waals surface area contributed by atoms with E-state index in [1.165, 1.54) is 16.7 Å². The molecule has 0 radical (unpaired) electrons. The van der Waals surface area contributed by atoms with Crippen LogP contribution in [0.3, 0.4) is 0 Å². The van der Waals surface area contributed by atoms with Gasteiger partial charge in [-0.1, -0.05) is 66.2 Å². The third kappa shape index (κ3) is 2.84. The van der Waals surface area contributed by atoms with Crippen LogP contribution in [-0.2, 0) is 6.42 Å². The number of benzene rings is 3. The van der Waals surface area contributed by atoms with Crippen LogP contribution in [-0.4, -0.2) is 15.5 Å². The molecule has 0 amide bonds. The summed E-state index contributed by atoms with van der Waals surface area (Å²) in [6.45, 7) is 0.